The smallest absolute Gasteiger partial charge is 0.0640 e. The summed E-state index contributed by atoms with van der Waals surface area (Å²) < 4.78 is 0. The standard InChI is InChI=1S/C10H15N3/c1-8-5-6-9(11-2)7-10(8)13(4)12-3/h5-7,11H,3H2,1-2,4H3. The molecule has 0 saturated heterocycles. The fraction of sp³-hybridized carbons (Fsp3) is 0.300. The molecule has 0 aliphatic heterocycles. The van der Waals surface area contributed by atoms with Gasteiger partial charge in [0.05, 0.1) is 5.69 Å². The third-order valence-corrected chi connectivity index (χ3v) is 2.06. The van der Waals surface area contributed by atoms with Crippen molar-refractivity contribution in [3.8, 4) is 0 Å². The zero-order valence-corrected chi connectivity index (χ0v) is 8.33. The maximum absolute atomic E-state index is 3.85. The number of anilines is 2. The quantitative estimate of drug-likeness (QED) is 0.565. The highest BCUT2D eigenvalue weighted by Gasteiger charge is 2.02. The van der Waals surface area contributed by atoms with Gasteiger partial charge in [0.2, 0.25) is 0 Å². The molecular formula is C10H15N3. The van der Waals surface area contributed by atoms with Crippen molar-refractivity contribution in [3.63, 3.8) is 0 Å². The Balaban J connectivity index is 3.10. The Kier molecular flexibility index (Phi) is 2.90. The maximum Gasteiger partial charge on any atom is 0.0640 e. The predicted molar refractivity (Wildman–Crippen MR) is 58.7 cm³/mol. The van der Waals surface area contributed by atoms with Gasteiger partial charge < -0.3 is 5.32 Å². The zero-order valence-electron chi connectivity index (χ0n) is 8.33. The Morgan fingerprint density at radius 2 is 2.15 bits per heavy atom. The molecule has 0 atom stereocenters. The van der Waals surface area contributed by atoms with Gasteiger partial charge in [-0.25, -0.2) is 0 Å². The molecule has 0 radical (unpaired) electrons. The van der Waals surface area contributed by atoms with Crippen LogP contribution in [0.2, 0.25) is 0 Å². The average molecular weight is 177 g/mol. The average Bonchev–Trinajstić information content (AvgIpc) is 2.17. The highest BCUT2D eigenvalue weighted by Crippen LogP contribution is 2.22. The Morgan fingerprint density at radius 1 is 1.46 bits per heavy atom. The van der Waals surface area contributed by atoms with Gasteiger partial charge in [0.15, 0.2) is 0 Å². The molecule has 0 bridgehead atoms. The first-order valence-electron chi connectivity index (χ1n) is 4.18. The van der Waals surface area contributed by atoms with Crippen LogP contribution in [-0.4, -0.2) is 20.8 Å². The van der Waals surface area contributed by atoms with E-state index in [1.54, 1.807) is 5.01 Å². The van der Waals surface area contributed by atoms with Crippen LogP contribution in [0, 0.1) is 6.92 Å². The highest BCUT2D eigenvalue weighted by molar-refractivity contribution is 5.62. The normalized spacial score (nSPS) is 9.46. The summed E-state index contributed by atoms with van der Waals surface area (Å²) in [6.07, 6.45) is 0. The second kappa shape index (κ2) is 3.94. The fourth-order valence-electron chi connectivity index (χ4n) is 1.19. The summed E-state index contributed by atoms with van der Waals surface area (Å²) in [5.41, 5.74) is 3.34. The number of rotatable bonds is 3. The fourth-order valence-corrected chi connectivity index (χ4v) is 1.19. The van der Waals surface area contributed by atoms with Crippen molar-refractivity contribution in [2.45, 2.75) is 6.92 Å². The Morgan fingerprint density at radius 3 is 2.69 bits per heavy atom. The van der Waals surface area contributed by atoms with E-state index in [0.717, 1.165) is 11.4 Å². The highest BCUT2D eigenvalue weighted by atomic mass is 15.4. The van der Waals surface area contributed by atoms with Gasteiger partial charge in [-0.05, 0) is 24.6 Å². The second-order valence-corrected chi connectivity index (χ2v) is 2.92. The Labute approximate surface area is 79.1 Å². The van der Waals surface area contributed by atoms with Crippen molar-refractivity contribution >= 4 is 18.1 Å². The molecule has 1 N–H and O–H groups in total. The summed E-state index contributed by atoms with van der Waals surface area (Å²) in [5, 5.41) is 8.70. The van der Waals surface area contributed by atoms with Crippen molar-refractivity contribution in [1.82, 2.24) is 0 Å². The SMILES string of the molecule is C=NN(C)c1cc(NC)ccc1C. The number of benzene rings is 1. The Hall–Kier alpha value is -1.51. The summed E-state index contributed by atoms with van der Waals surface area (Å²) in [5.74, 6) is 0. The van der Waals surface area contributed by atoms with Crippen LogP contribution in [0.1, 0.15) is 5.56 Å². The molecule has 0 amide bonds. The molecule has 1 aromatic carbocycles. The number of nitrogens with zero attached hydrogens (tertiary/aromatic N) is 2. The predicted octanol–water partition coefficient (Wildman–Crippen LogP) is 2.09. The Bertz CT molecular complexity index is 307. The van der Waals surface area contributed by atoms with E-state index in [2.05, 4.69) is 30.1 Å². The molecule has 3 heteroatoms. The van der Waals surface area contributed by atoms with E-state index in [0.29, 0.717) is 0 Å². The van der Waals surface area contributed by atoms with E-state index in [9.17, 15) is 0 Å². The van der Waals surface area contributed by atoms with E-state index in [1.807, 2.05) is 26.2 Å². The lowest BCUT2D eigenvalue weighted by Gasteiger charge is -2.16. The van der Waals surface area contributed by atoms with E-state index in [1.165, 1.54) is 5.56 Å². The van der Waals surface area contributed by atoms with E-state index in [4.69, 9.17) is 0 Å². The molecule has 0 unspecified atom stereocenters. The van der Waals surface area contributed by atoms with Crippen molar-refractivity contribution in [1.29, 1.82) is 0 Å². The molecule has 1 rings (SSSR count). The first-order valence-corrected chi connectivity index (χ1v) is 4.18. The van der Waals surface area contributed by atoms with Crippen LogP contribution in [-0.2, 0) is 0 Å². The van der Waals surface area contributed by atoms with E-state index >= 15 is 0 Å². The minimum Gasteiger partial charge on any atom is -0.388 e. The minimum atomic E-state index is 1.07. The van der Waals surface area contributed by atoms with Crippen LogP contribution in [0.15, 0.2) is 23.3 Å². The lowest BCUT2D eigenvalue weighted by Crippen LogP contribution is -2.09. The van der Waals surface area contributed by atoms with Gasteiger partial charge in [0.25, 0.3) is 0 Å². The molecule has 0 fully saturated rings. The van der Waals surface area contributed by atoms with Gasteiger partial charge >= 0.3 is 0 Å². The largest absolute Gasteiger partial charge is 0.388 e. The minimum absolute atomic E-state index is 1.07. The van der Waals surface area contributed by atoms with Crippen LogP contribution < -0.4 is 10.3 Å². The van der Waals surface area contributed by atoms with Crippen LogP contribution in [0.3, 0.4) is 0 Å². The molecule has 0 aliphatic rings. The molecule has 0 heterocycles. The van der Waals surface area contributed by atoms with Gasteiger partial charge in [-0.3, -0.25) is 5.01 Å². The van der Waals surface area contributed by atoms with Crippen LogP contribution in [0.25, 0.3) is 0 Å². The molecule has 0 saturated carbocycles. The van der Waals surface area contributed by atoms with Crippen molar-refractivity contribution < 1.29 is 0 Å². The van der Waals surface area contributed by atoms with Crippen molar-refractivity contribution in [2.24, 2.45) is 5.10 Å². The number of aryl methyl sites for hydroxylation is 1. The van der Waals surface area contributed by atoms with Crippen LogP contribution in [0.4, 0.5) is 11.4 Å². The summed E-state index contributed by atoms with van der Waals surface area (Å²) in [6.45, 7) is 5.54. The summed E-state index contributed by atoms with van der Waals surface area (Å²) >= 11 is 0. The van der Waals surface area contributed by atoms with E-state index < -0.39 is 0 Å². The third-order valence-electron chi connectivity index (χ3n) is 2.06. The van der Waals surface area contributed by atoms with Crippen molar-refractivity contribution in [3.05, 3.63) is 23.8 Å². The molecule has 0 aromatic heterocycles. The van der Waals surface area contributed by atoms with Crippen LogP contribution >= 0.6 is 0 Å². The first kappa shape index (κ1) is 9.58. The number of hydrogen-bond acceptors (Lipinski definition) is 3. The summed E-state index contributed by atoms with van der Waals surface area (Å²) in [6, 6.07) is 6.14. The lowest BCUT2D eigenvalue weighted by atomic mass is 10.2. The third kappa shape index (κ3) is 1.99. The van der Waals surface area contributed by atoms with Gasteiger partial charge in [-0.2, -0.15) is 5.10 Å². The molecule has 13 heavy (non-hydrogen) atoms. The van der Waals surface area contributed by atoms with Gasteiger partial charge in [-0.1, -0.05) is 6.07 Å². The lowest BCUT2D eigenvalue weighted by molar-refractivity contribution is 1.02. The second-order valence-electron chi connectivity index (χ2n) is 2.92. The van der Waals surface area contributed by atoms with Crippen molar-refractivity contribution in [2.75, 3.05) is 24.4 Å². The summed E-state index contributed by atoms with van der Waals surface area (Å²) in [7, 11) is 3.78. The zero-order chi connectivity index (χ0) is 9.84. The van der Waals surface area contributed by atoms with Gasteiger partial charge in [-0.15, -0.1) is 0 Å². The molecule has 1 aromatic rings. The first-order chi connectivity index (χ1) is 6.19. The summed E-state index contributed by atoms with van der Waals surface area (Å²) in [4.78, 5) is 0. The van der Waals surface area contributed by atoms with E-state index in [-0.39, 0.29) is 0 Å². The molecule has 3 nitrogen and oxygen atoms in total. The molecule has 0 spiro atoms. The number of hydrogen-bond donors (Lipinski definition) is 1. The molecule has 0 aliphatic carbocycles. The molecule has 70 valence electrons. The van der Waals surface area contributed by atoms with Gasteiger partial charge in [0.1, 0.15) is 0 Å². The van der Waals surface area contributed by atoms with Gasteiger partial charge in [0, 0.05) is 26.5 Å². The maximum atomic E-state index is 3.85. The number of nitrogens with one attached hydrogen (secondary N) is 1. The topological polar surface area (TPSA) is 27.6 Å². The van der Waals surface area contributed by atoms with Crippen LogP contribution in [0.5, 0.6) is 0 Å². The number of hydrazone groups is 1. The molecular weight excluding hydrogens is 162 g/mol. The monoisotopic (exact) mass is 177 g/mol.